The second kappa shape index (κ2) is 6.20. The Morgan fingerprint density at radius 2 is 1.89 bits per heavy atom. The van der Waals surface area contributed by atoms with Crippen LogP contribution in [0.4, 0.5) is 0 Å². The monoisotopic (exact) mass is 302 g/mol. The molecule has 98 valence electrons. The van der Waals surface area contributed by atoms with Crippen LogP contribution in [0.3, 0.4) is 0 Å². The quantitative estimate of drug-likeness (QED) is 0.774. The van der Waals surface area contributed by atoms with E-state index < -0.39 is 0 Å². The number of hydrogen-bond acceptors (Lipinski definition) is 2. The minimum absolute atomic E-state index is 0.630. The topological polar surface area (TPSA) is 6.48 Å². The number of thiocarbonyl (C=S) groups is 1. The van der Waals surface area contributed by atoms with E-state index in [9.17, 15) is 0 Å². The van der Waals surface area contributed by atoms with E-state index in [-0.39, 0.29) is 0 Å². The summed E-state index contributed by atoms with van der Waals surface area (Å²) >= 11 is 17.6. The van der Waals surface area contributed by atoms with E-state index in [0.29, 0.717) is 10.0 Å². The number of nitrogens with zero attached hydrogens (tertiary/aromatic N) is 2. The van der Waals surface area contributed by atoms with Gasteiger partial charge in [0.1, 0.15) is 4.99 Å². The normalized spacial score (nSPS) is 16.9. The molecule has 0 spiro atoms. The van der Waals surface area contributed by atoms with Crippen molar-refractivity contribution in [1.82, 2.24) is 9.80 Å². The summed E-state index contributed by atoms with van der Waals surface area (Å²) in [6.07, 6.45) is 0. The van der Waals surface area contributed by atoms with Gasteiger partial charge < -0.3 is 9.80 Å². The highest BCUT2D eigenvalue weighted by Gasteiger charge is 2.19. The molecule has 0 unspecified atom stereocenters. The molecule has 0 aromatic heterocycles. The number of rotatable bonds is 2. The average molecular weight is 303 g/mol. The maximum atomic E-state index is 6.19. The van der Waals surface area contributed by atoms with E-state index in [4.69, 9.17) is 35.4 Å². The lowest BCUT2D eigenvalue weighted by Gasteiger charge is -2.35. The molecular weight excluding hydrogens is 287 g/mol. The van der Waals surface area contributed by atoms with Gasteiger partial charge in [-0.05, 0) is 24.7 Å². The largest absolute Gasteiger partial charge is 0.360 e. The highest BCUT2D eigenvalue weighted by atomic mass is 35.5. The number of likely N-dealkylation sites (N-methyl/N-ethyl adjacent to an activating group) is 1. The minimum Gasteiger partial charge on any atom is -0.360 e. The van der Waals surface area contributed by atoms with Crippen LogP contribution in [-0.4, -0.2) is 47.5 Å². The van der Waals surface area contributed by atoms with E-state index in [1.54, 1.807) is 6.07 Å². The fourth-order valence-electron chi connectivity index (χ4n) is 2.10. The summed E-state index contributed by atoms with van der Waals surface area (Å²) in [4.78, 5) is 5.46. The zero-order valence-electron chi connectivity index (χ0n) is 10.3. The van der Waals surface area contributed by atoms with Gasteiger partial charge in [-0.25, -0.2) is 0 Å². The molecule has 0 atom stereocenters. The Balaban J connectivity index is 2.08. The highest BCUT2D eigenvalue weighted by molar-refractivity contribution is 7.80. The molecule has 1 heterocycles. The third kappa shape index (κ3) is 3.15. The van der Waals surface area contributed by atoms with Crippen LogP contribution in [0.15, 0.2) is 18.2 Å². The van der Waals surface area contributed by atoms with Crippen LogP contribution < -0.4 is 0 Å². The zero-order valence-corrected chi connectivity index (χ0v) is 12.7. The van der Waals surface area contributed by atoms with E-state index in [1.807, 2.05) is 12.1 Å². The van der Waals surface area contributed by atoms with Crippen molar-refractivity contribution in [2.75, 3.05) is 32.7 Å². The van der Waals surface area contributed by atoms with Gasteiger partial charge in [0.15, 0.2) is 0 Å². The molecule has 1 aliphatic heterocycles. The second-order valence-electron chi connectivity index (χ2n) is 4.35. The lowest BCUT2D eigenvalue weighted by atomic mass is 10.2. The molecule has 0 N–H and O–H groups in total. The van der Waals surface area contributed by atoms with Crippen molar-refractivity contribution < 1.29 is 0 Å². The summed E-state index contributed by atoms with van der Waals surface area (Å²) in [6.45, 7) is 7.33. The zero-order chi connectivity index (χ0) is 13.1. The first kappa shape index (κ1) is 14.1. The second-order valence-corrected chi connectivity index (χ2v) is 5.58. The molecule has 18 heavy (non-hydrogen) atoms. The third-order valence-electron chi connectivity index (χ3n) is 3.27. The van der Waals surface area contributed by atoms with Crippen LogP contribution in [0, 0.1) is 0 Å². The van der Waals surface area contributed by atoms with Crippen molar-refractivity contribution >= 4 is 40.4 Å². The molecule has 0 aliphatic carbocycles. The lowest BCUT2D eigenvalue weighted by molar-refractivity contribution is 0.192. The summed E-state index contributed by atoms with van der Waals surface area (Å²) in [5, 5.41) is 1.27. The summed E-state index contributed by atoms with van der Waals surface area (Å²) in [7, 11) is 0. The Labute approximate surface area is 123 Å². The van der Waals surface area contributed by atoms with Crippen LogP contribution in [0.2, 0.25) is 10.0 Å². The highest BCUT2D eigenvalue weighted by Crippen LogP contribution is 2.23. The van der Waals surface area contributed by atoms with Gasteiger partial charge in [-0.15, -0.1) is 0 Å². The first-order valence-electron chi connectivity index (χ1n) is 6.08. The Morgan fingerprint density at radius 3 is 2.44 bits per heavy atom. The first-order valence-corrected chi connectivity index (χ1v) is 7.25. The minimum atomic E-state index is 0.630. The predicted molar refractivity (Wildman–Crippen MR) is 81.8 cm³/mol. The van der Waals surface area contributed by atoms with Crippen LogP contribution >= 0.6 is 35.4 Å². The van der Waals surface area contributed by atoms with E-state index in [1.165, 1.54) is 0 Å². The fraction of sp³-hybridized carbons (Fsp3) is 0.462. The fourth-order valence-corrected chi connectivity index (χ4v) is 3.02. The predicted octanol–water partition coefficient (Wildman–Crippen LogP) is 3.31. The van der Waals surface area contributed by atoms with Crippen molar-refractivity contribution in [3.05, 3.63) is 33.8 Å². The van der Waals surface area contributed by atoms with Gasteiger partial charge >= 0.3 is 0 Å². The Kier molecular flexibility index (Phi) is 4.84. The number of hydrogen-bond donors (Lipinski definition) is 0. The number of piperazine rings is 1. The maximum Gasteiger partial charge on any atom is 0.110 e. The smallest absolute Gasteiger partial charge is 0.110 e. The summed E-state index contributed by atoms with van der Waals surface area (Å²) < 4.78 is 0. The molecular formula is C13H16Cl2N2S. The molecule has 5 heteroatoms. The molecule has 0 saturated carbocycles. The Hall–Kier alpha value is -0.350. The van der Waals surface area contributed by atoms with Crippen molar-refractivity contribution in [2.45, 2.75) is 6.92 Å². The van der Waals surface area contributed by atoms with Gasteiger partial charge in [-0.1, -0.05) is 42.3 Å². The molecule has 0 amide bonds. The van der Waals surface area contributed by atoms with E-state index in [2.05, 4.69) is 16.7 Å². The molecule has 1 aromatic rings. The molecule has 1 fully saturated rings. The molecule has 2 nitrogen and oxygen atoms in total. The van der Waals surface area contributed by atoms with Gasteiger partial charge in [-0.3, -0.25) is 0 Å². The molecule has 1 saturated heterocycles. The first-order chi connectivity index (χ1) is 8.61. The van der Waals surface area contributed by atoms with E-state index >= 15 is 0 Å². The number of halogens is 2. The van der Waals surface area contributed by atoms with Crippen molar-refractivity contribution in [3.8, 4) is 0 Å². The molecule has 1 aliphatic rings. The Bertz CT molecular complexity index is 443. The maximum absolute atomic E-state index is 6.19. The summed E-state index contributed by atoms with van der Waals surface area (Å²) in [5.41, 5.74) is 0.904. The molecule has 2 rings (SSSR count). The van der Waals surface area contributed by atoms with Crippen LogP contribution in [0.25, 0.3) is 0 Å². The number of benzene rings is 1. The lowest BCUT2D eigenvalue weighted by Crippen LogP contribution is -2.48. The van der Waals surface area contributed by atoms with Crippen molar-refractivity contribution in [3.63, 3.8) is 0 Å². The van der Waals surface area contributed by atoms with Crippen molar-refractivity contribution in [1.29, 1.82) is 0 Å². The SMILES string of the molecule is CCN1CCN(C(=S)c2ccc(Cl)cc2Cl)CC1. The molecule has 0 radical (unpaired) electrons. The molecule has 1 aromatic carbocycles. The van der Waals surface area contributed by atoms with Crippen molar-refractivity contribution in [2.24, 2.45) is 0 Å². The van der Waals surface area contributed by atoms with Crippen LogP contribution in [0.1, 0.15) is 12.5 Å². The van der Waals surface area contributed by atoms with Gasteiger partial charge in [0.05, 0.1) is 5.02 Å². The average Bonchev–Trinajstić information content (AvgIpc) is 2.38. The van der Waals surface area contributed by atoms with Gasteiger partial charge in [0.25, 0.3) is 0 Å². The summed E-state index contributed by atoms with van der Waals surface area (Å²) in [6, 6.07) is 5.48. The van der Waals surface area contributed by atoms with Gasteiger partial charge in [0.2, 0.25) is 0 Å². The van der Waals surface area contributed by atoms with E-state index in [0.717, 1.165) is 43.3 Å². The third-order valence-corrected chi connectivity index (χ3v) is 4.29. The van der Waals surface area contributed by atoms with Crippen LogP contribution in [-0.2, 0) is 0 Å². The van der Waals surface area contributed by atoms with Gasteiger partial charge in [-0.2, -0.15) is 0 Å². The van der Waals surface area contributed by atoms with Gasteiger partial charge in [0, 0.05) is 36.8 Å². The van der Waals surface area contributed by atoms with Crippen LogP contribution in [0.5, 0.6) is 0 Å². The Morgan fingerprint density at radius 1 is 1.22 bits per heavy atom. The molecule has 0 bridgehead atoms. The standard InChI is InChI=1S/C13H16Cl2N2S/c1-2-16-5-7-17(8-6-16)13(18)11-4-3-10(14)9-12(11)15/h3-4,9H,2,5-8H2,1H3. The summed E-state index contributed by atoms with van der Waals surface area (Å²) in [5.74, 6) is 0.